The molecule has 0 unspecified atom stereocenters. The lowest BCUT2D eigenvalue weighted by Gasteiger charge is -2.09. The van der Waals surface area contributed by atoms with Crippen molar-refractivity contribution in [3.63, 3.8) is 0 Å². The number of nitrogens with zero attached hydrogens (tertiary/aromatic N) is 2. The molecule has 0 amide bonds. The van der Waals surface area contributed by atoms with Crippen LogP contribution in [-0.4, -0.2) is 16.5 Å². The Hall–Kier alpha value is -2.38. The molecular formula is C12H10F4N4. The van der Waals surface area contributed by atoms with Gasteiger partial charge in [-0.1, -0.05) is 0 Å². The minimum absolute atomic E-state index is 0.124. The van der Waals surface area contributed by atoms with Gasteiger partial charge in [0.25, 0.3) is 0 Å². The van der Waals surface area contributed by atoms with Gasteiger partial charge in [0, 0.05) is 18.7 Å². The fourth-order valence-electron chi connectivity index (χ4n) is 1.44. The molecule has 2 aromatic rings. The first-order valence-corrected chi connectivity index (χ1v) is 5.69. The summed E-state index contributed by atoms with van der Waals surface area (Å²) in [6, 6.07) is 0.946. The molecule has 2 N–H and O–H groups in total. The van der Waals surface area contributed by atoms with Crippen LogP contribution in [0.25, 0.3) is 0 Å². The summed E-state index contributed by atoms with van der Waals surface area (Å²) in [7, 11) is 0. The van der Waals surface area contributed by atoms with Crippen LogP contribution in [0.2, 0.25) is 0 Å². The van der Waals surface area contributed by atoms with Gasteiger partial charge < -0.3 is 10.6 Å². The van der Waals surface area contributed by atoms with Gasteiger partial charge in [0.1, 0.15) is 5.82 Å². The maximum atomic E-state index is 13.5. The molecule has 8 heteroatoms. The van der Waals surface area contributed by atoms with Crippen LogP contribution >= 0.6 is 0 Å². The number of hydrogen-bond donors (Lipinski definition) is 2. The lowest BCUT2D eigenvalue weighted by molar-refractivity contribution is 0.496. The van der Waals surface area contributed by atoms with Crippen LogP contribution in [0.3, 0.4) is 0 Å². The van der Waals surface area contributed by atoms with Crippen molar-refractivity contribution in [2.45, 2.75) is 6.92 Å². The number of halogens is 4. The predicted molar refractivity (Wildman–Crippen MR) is 65.8 cm³/mol. The van der Waals surface area contributed by atoms with Gasteiger partial charge in [-0.15, -0.1) is 0 Å². The Bertz CT molecular complexity index is 633. The van der Waals surface area contributed by atoms with Crippen LogP contribution in [0, 0.1) is 23.3 Å². The van der Waals surface area contributed by atoms with E-state index in [4.69, 9.17) is 0 Å². The molecule has 0 aliphatic rings. The molecule has 1 heterocycles. The fourth-order valence-corrected chi connectivity index (χ4v) is 1.44. The predicted octanol–water partition coefficient (Wildman–Crippen LogP) is 3.21. The van der Waals surface area contributed by atoms with Gasteiger partial charge in [-0.2, -0.15) is 4.98 Å². The van der Waals surface area contributed by atoms with E-state index in [9.17, 15) is 17.6 Å². The van der Waals surface area contributed by atoms with Crippen molar-refractivity contribution in [2.75, 3.05) is 17.2 Å². The second-order valence-electron chi connectivity index (χ2n) is 3.79. The molecule has 0 saturated carbocycles. The Morgan fingerprint density at radius 2 is 1.70 bits per heavy atom. The monoisotopic (exact) mass is 286 g/mol. The third kappa shape index (κ3) is 2.95. The first-order valence-electron chi connectivity index (χ1n) is 5.69. The van der Waals surface area contributed by atoms with Crippen molar-refractivity contribution in [1.82, 2.24) is 9.97 Å². The maximum Gasteiger partial charge on any atom is 0.224 e. The molecule has 1 aromatic heterocycles. The number of anilines is 3. The average molecular weight is 286 g/mol. The normalized spacial score (nSPS) is 10.4. The summed E-state index contributed by atoms with van der Waals surface area (Å²) in [6.45, 7) is 2.29. The smallest absolute Gasteiger partial charge is 0.224 e. The van der Waals surface area contributed by atoms with E-state index in [1.54, 1.807) is 6.92 Å². The molecule has 0 atom stereocenters. The number of rotatable bonds is 4. The summed E-state index contributed by atoms with van der Waals surface area (Å²) in [6.07, 6.45) is 0.880. The zero-order chi connectivity index (χ0) is 14.7. The van der Waals surface area contributed by atoms with Crippen LogP contribution in [0.15, 0.2) is 18.3 Å². The van der Waals surface area contributed by atoms with Crippen molar-refractivity contribution in [3.05, 3.63) is 41.6 Å². The largest absolute Gasteiger partial charge is 0.354 e. The minimum Gasteiger partial charge on any atom is -0.354 e. The minimum atomic E-state index is -1.33. The molecule has 0 aliphatic carbocycles. The highest BCUT2D eigenvalue weighted by molar-refractivity contribution is 5.58. The number of nitrogens with one attached hydrogen (secondary N) is 2. The van der Waals surface area contributed by atoms with E-state index in [2.05, 4.69) is 20.6 Å². The van der Waals surface area contributed by atoms with Gasteiger partial charge in [-0.3, -0.25) is 0 Å². The summed E-state index contributed by atoms with van der Waals surface area (Å²) < 4.78 is 52.8. The summed E-state index contributed by atoms with van der Waals surface area (Å²) >= 11 is 0. The van der Waals surface area contributed by atoms with E-state index in [-0.39, 0.29) is 11.8 Å². The summed E-state index contributed by atoms with van der Waals surface area (Å²) in [5.74, 6) is -4.72. The molecule has 20 heavy (non-hydrogen) atoms. The number of benzene rings is 1. The molecule has 2 rings (SSSR count). The summed E-state index contributed by atoms with van der Waals surface area (Å²) in [5.41, 5.74) is -0.427. The van der Waals surface area contributed by atoms with Gasteiger partial charge in [-0.05, 0) is 6.92 Å². The van der Waals surface area contributed by atoms with Crippen LogP contribution in [0.4, 0.5) is 35.0 Å². The highest BCUT2D eigenvalue weighted by Crippen LogP contribution is 2.23. The van der Waals surface area contributed by atoms with E-state index >= 15 is 0 Å². The number of hydrogen-bond acceptors (Lipinski definition) is 4. The molecule has 0 fully saturated rings. The first-order chi connectivity index (χ1) is 9.51. The molecule has 0 spiro atoms. The van der Waals surface area contributed by atoms with E-state index < -0.39 is 29.0 Å². The second-order valence-corrected chi connectivity index (χ2v) is 3.79. The standard InChI is InChI=1S/C12H10F4N4/c1-2-17-12-18-5-9(16)11(20-12)19-10-4-7(14)6(13)3-8(10)15/h3-5H,2H2,1H3,(H2,17,18,19,20). The van der Waals surface area contributed by atoms with Crippen LogP contribution in [0.5, 0.6) is 0 Å². The third-order valence-corrected chi connectivity index (χ3v) is 2.34. The van der Waals surface area contributed by atoms with E-state index in [1.165, 1.54) is 0 Å². The van der Waals surface area contributed by atoms with Crippen molar-refractivity contribution < 1.29 is 17.6 Å². The van der Waals surface area contributed by atoms with Gasteiger partial charge >= 0.3 is 0 Å². The quantitative estimate of drug-likeness (QED) is 0.669. The van der Waals surface area contributed by atoms with Gasteiger partial charge in [0.15, 0.2) is 23.3 Å². The summed E-state index contributed by atoms with van der Waals surface area (Å²) in [5, 5.41) is 5.00. The lowest BCUT2D eigenvalue weighted by atomic mass is 10.3. The Labute approximate surface area is 111 Å². The van der Waals surface area contributed by atoms with Crippen LogP contribution in [0.1, 0.15) is 6.92 Å². The molecule has 4 nitrogen and oxygen atoms in total. The van der Waals surface area contributed by atoms with E-state index in [0.717, 1.165) is 6.20 Å². The zero-order valence-corrected chi connectivity index (χ0v) is 10.3. The molecule has 0 saturated heterocycles. The summed E-state index contributed by atoms with van der Waals surface area (Å²) in [4.78, 5) is 7.42. The molecule has 1 aromatic carbocycles. The SMILES string of the molecule is CCNc1ncc(F)c(Nc2cc(F)c(F)cc2F)n1. The van der Waals surface area contributed by atoms with Crippen molar-refractivity contribution >= 4 is 17.5 Å². The lowest BCUT2D eigenvalue weighted by Crippen LogP contribution is -2.07. The first kappa shape index (κ1) is 14.0. The third-order valence-electron chi connectivity index (χ3n) is 2.34. The van der Waals surface area contributed by atoms with Crippen molar-refractivity contribution in [3.8, 4) is 0 Å². The maximum absolute atomic E-state index is 13.5. The van der Waals surface area contributed by atoms with Crippen LogP contribution in [-0.2, 0) is 0 Å². The Balaban J connectivity index is 2.34. The van der Waals surface area contributed by atoms with E-state index in [1.807, 2.05) is 0 Å². The van der Waals surface area contributed by atoms with Gasteiger partial charge in [0.2, 0.25) is 5.95 Å². The fraction of sp³-hybridized carbons (Fsp3) is 0.167. The average Bonchev–Trinajstić information content (AvgIpc) is 2.40. The molecule has 0 aliphatic heterocycles. The molecule has 0 radical (unpaired) electrons. The van der Waals surface area contributed by atoms with Crippen molar-refractivity contribution in [2.24, 2.45) is 0 Å². The Morgan fingerprint density at radius 1 is 1.00 bits per heavy atom. The second kappa shape index (κ2) is 5.72. The zero-order valence-electron chi connectivity index (χ0n) is 10.3. The highest BCUT2D eigenvalue weighted by atomic mass is 19.2. The molecule has 106 valence electrons. The topological polar surface area (TPSA) is 49.8 Å². The Kier molecular flexibility index (Phi) is 4.02. The van der Waals surface area contributed by atoms with Crippen molar-refractivity contribution in [1.29, 1.82) is 0 Å². The highest BCUT2D eigenvalue weighted by Gasteiger charge is 2.13. The Morgan fingerprint density at radius 3 is 2.40 bits per heavy atom. The van der Waals surface area contributed by atoms with Gasteiger partial charge in [0.05, 0.1) is 11.9 Å². The molecule has 0 bridgehead atoms. The molecular weight excluding hydrogens is 276 g/mol. The van der Waals surface area contributed by atoms with Gasteiger partial charge in [-0.25, -0.2) is 22.5 Å². The van der Waals surface area contributed by atoms with Crippen LogP contribution < -0.4 is 10.6 Å². The van der Waals surface area contributed by atoms with E-state index in [0.29, 0.717) is 18.7 Å². The number of aromatic nitrogens is 2.